The molecule has 1 aromatic rings. The van der Waals surface area contributed by atoms with Crippen LogP contribution in [0.1, 0.15) is 11.9 Å². The summed E-state index contributed by atoms with van der Waals surface area (Å²) in [5.74, 6) is 0.259. The highest BCUT2D eigenvalue weighted by molar-refractivity contribution is 5.57. The van der Waals surface area contributed by atoms with Crippen molar-refractivity contribution in [3.05, 3.63) is 12.2 Å². The second kappa shape index (κ2) is 2.57. The summed E-state index contributed by atoms with van der Waals surface area (Å²) in [6.45, 7) is 0. The third-order valence-electron chi connectivity index (χ3n) is 1.14. The molecule has 5 nitrogen and oxygen atoms in total. The number of aliphatic hydroxyl groups is 1. The molecule has 54 valence electrons. The van der Waals surface area contributed by atoms with Crippen LogP contribution in [0.15, 0.2) is 6.33 Å². The van der Waals surface area contributed by atoms with Crippen LogP contribution in [0.5, 0.6) is 0 Å². The molecule has 1 N–H and O–H groups in total. The van der Waals surface area contributed by atoms with Gasteiger partial charge < -0.3 is 9.67 Å². The fourth-order valence-electron chi connectivity index (χ4n) is 0.621. The third kappa shape index (κ3) is 1.03. The quantitative estimate of drug-likeness (QED) is 0.539. The molecular formula is C5H7N3O2. The maximum Gasteiger partial charge on any atom is 0.169 e. The van der Waals surface area contributed by atoms with Crippen LogP contribution in [0, 0.1) is 0 Å². The molecule has 0 saturated heterocycles. The van der Waals surface area contributed by atoms with E-state index in [1.165, 1.54) is 10.9 Å². The van der Waals surface area contributed by atoms with Crippen molar-refractivity contribution in [1.29, 1.82) is 0 Å². The van der Waals surface area contributed by atoms with Crippen molar-refractivity contribution >= 4 is 6.29 Å². The molecule has 0 radical (unpaired) electrons. The van der Waals surface area contributed by atoms with Gasteiger partial charge >= 0.3 is 0 Å². The largest absolute Gasteiger partial charge is 0.378 e. The Balaban J connectivity index is 2.92. The van der Waals surface area contributed by atoms with Crippen LogP contribution in [0.4, 0.5) is 0 Å². The number of rotatable bonds is 2. The van der Waals surface area contributed by atoms with E-state index in [0.717, 1.165) is 0 Å². The highest BCUT2D eigenvalue weighted by atomic mass is 16.3. The van der Waals surface area contributed by atoms with Crippen LogP contribution < -0.4 is 0 Å². The van der Waals surface area contributed by atoms with Gasteiger partial charge in [0.15, 0.2) is 18.2 Å². The standard InChI is InChI=1S/C5H7N3O2/c1-8-3-6-7-5(8)4(10)2-9/h2-4,10H,1H3. The molecule has 10 heavy (non-hydrogen) atoms. The number of aliphatic hydroxyl groups excluding tert-OH is 1. The molecule has 0 aromatic carbocycles. The number of nitrogens with zero attached hydrogens (tertiary/aromatic N) is 3. The molecule has 5 heteroatoms. The van der Waals surface area contributed by atoms with Gasteiger partial charge in [0.2, 0.25) is 0 Å². The van der Waals surface area contributed by atoms with E-state index in [9.17, 15) is 4.79 Å². The summed E-state index contributed by atoms with van der Waals surface area (Å²) in [5, 5.41) is 15.9. The molecule has 1 atom stereocenters. The number of carbonyl (C=O) groups is 1. The maximum absolute atomic E-state index is 10.0. The highest BCUT2D eigenvalue weighted by Gasteiger charge is 2.10. The number of hydrogen-bond donors (Lipinski definition) is 1. The normalized spacial score (nSPS) is 13.0. The third-order valence-corrected chi connectivity index (χ3v) is 1.14. The van der Waals surface area contributed by atoms with E-state index in [-0.39, 0.29) is 5.82 Å². The molecule has 0 amide bonds. The van der Waals surface area contributed by atoms with E-state index < -0.39 is 6.10 Å². The van der Waals surface area contributed by atoms with Crippen LogP contribution in [-0.4, -0.2) is 26.2 Å². The first-order chi connectivity index (χ1) is 4.75. The average Bonchev–Trinajstić information content (AvgIpc) is 2.34. The highest BCUT2D eigenvalue weighted by Crippen LogP contribution is 2.02. The summed E-state index contributed by atoms with van der Waals surface area (Å²) in [7, 11) is 1.65. The lowest BCUT2D eigenvalue weighted by molar-refractivity contribution is -0.115. The molecule has 0 aliphatic heterocycles. The van der Waals surface area contributed by atoms with Crippen molar-refractivity contribution in [1.82, 2.24) is 14.8 Å². The van der Waals surface area contributed by atoms with Gasteiger partial charge in [-0.25, -0.2) is 0 Å². The minimum Gasteiger partial charge on any atom is -0.378 e. The lowest BCUT2D eigenvalue weighted by Gasteiger charge is -1.98. The second-order valence-electron chi connectivity index (χ2n) is 1.88. The summed E-state index contributed by atoms with van der Waals surface area (Å²) in [6, 6.07) is 0. The first kappa shape index (κ1) is 6.88. The fraction of sp³-hybridized carbons (Fsp3) is 0.400. The summed E-state index contributed by atoms with van der Waals surface area (Å²) in [6.07, 6.45) is 0.666. The van der Waals surface area contributed by atoms with Crippen LogP contribution >= 0.6 is 0 Å². The molecule has 1 rings (SSSR count). The molecule has 1 aromatic heterocycles. The van der Waals surface area contributed by atoms with E-state index in [1.807, 2.05) is 0 Å². The van der Waals surface area contributed by atoms with Crippen molar-refractivity contribution in [2.24, 2.45) is 7.05 Å². The zero-order chi connectivity index (χ0) is 7.56. The van der Waals surface area contributed by atoms with E-state index >= 15 is 0 Å². The Bertz CT molecular complexity index is 233. The molecular weight excluding hydrogens is 134 g/mol. The molecule has 1 unspecified atom stereocenters. The number of hydrogen-bond acceptors (Lipinski definition) is 4. The lowest BCUT2D eigenvalue weighted by Crippen LogP contribution is -2.05. The Morgan fingerprint density at radius 3 is 3.00 bits per heavy atom. The van der Waals surface area contributed by atoms with Gasteiger partial charge in [0.1, 0.15) is 6.33 Å². The molecule has 0 fully saturated rings. The molecule has 0 aliphatic rings. The van der Waals surface area contributed by atoms with E-state index in [2.05, 4.69) is 10.2 Å². The van der Waals surface area contributed by atoms with Gasteiger partial charge in [-0.05, 0) is 0 Å². The van der Waals surface area contributed by atoms with Crippen LogP contribution in [0.2, 0.25) is 0 Å². The van der Waals surface area contributed by atoms with Gasteiger partial charge in [-0.1, -0.05) is 0 Å². The molecule has 1 heterocycles. The van der Waals surface area contributed by atoms with E-state index in [1.54, 1.807) is 7.05 Å². The zero-order valence-corrected chi connectivity index (χ0v) is 5.43. The summed E-state index contributed by atoms with van der Waals surface area (Å²) in [4.78, 5) is 10.0. The van der Waals surface area contributed by atoms with Crippen molar-refractivity contribution in [3.8, 4) is 0 Å². The van der Waals surface area contributed by atoms with Gasteiger partial charge in [-0.15, -0.1) is 10.2 Å². The number of aldehydes is 1. The number of aromatic nitrogens is 3. The molecule has 0 bridgehead atoms. The number of aryl methyl sites for hydroxylation is 1. The van der Waals surface area contributed by atoms with Crippen LogP contribution in [0.25, 0.3) is 0 Å². The maximum atomic E-state index is 10.0. The van der Waals surface area contributed by atoms with Crippen molar-refractivity contribution in [2.45, 2.75) is 6.10 Å². The Labute approximate surface area is 57.3 Å². The topological polar surface area (TPSA) is 68.0 Å². The second-order valence-corrected chi connectivity index (χ2v) is 1.88. The van der Waals surface area contributed by atoms with Crippen LogP contribution in [0.3, 0.4) is 0 Å². The predicted molar refractivity (Wildman–Crippen MR) is 32.0 cm³/mol. The van der Waals surface area contributed by atoms with Crippen molar-refractivity contribution < 1.29 is 9.90 Å². The minimum absolute atomic E-state index is 0.259. The van der Waals surface area contributed by atoms with Gasteiger partial charge in [0.25, 0.3) is 0 Å². The van der Waals surface area contributed by atoms with Crippen molar-refractivity contribution in [3.63, 3.8) is 0 Å². The number of carbonyl (C=O) groups excluding carboxylic acids is 1. The van der Waals surface area contributed by atoms with E-state index in [0.29, 0.717) is 6.29 Å². The van der Waals surface area contributed by atoms with Gasteiger partial charge in [-0.3, -0.25) is 4.79 Å². The van der Waals surface area contributed by atoms with Gasteiger partial charge in [0, 0.05) is 7.05 Å². The zero-order valence-electron chi connectivity index (χ0n) is 5.43. The first-order valence-electron chi connectivity index (χ1n) is 2.73. The van der Waals surface area contributed by atoms with Gasteiger partial charge in [0.05, 0.1) is 0 Å². The Morgan fingerprint density at radius 1 is 1.90 bits per heavy atom. The lowest BCUT2D eigenvalue weighted by atomic mass is 10.4. The van der Waals surface area contributed by atoms with Crippen LogP contribution in [-0.2, 0) is 11.8 Å². The van der Waals surface area contributed by atoms with Gasteiger partial charge in [-0.2, -0.15) is 0 Å². The summed E-state index contributed by atoms with van der Waals surface area (Å²) >= 11 is 0. The molecule has 0 spiro atoms. The smallest absolute Gasteiger partial charge is 0.169 e. The van der Waals surface area contributed by atoms with E-state index in [4.69, 9.17) is 5.11 Å². The Hall–Kier alpha value is -1.23. The minimum atomic E-state index is -1.16. The fourth-order valence-corrected chi connectivity index (χ4v) is 0.621. The first-order valence-corrected chi connectivity index (χ1v) is 2.73. The summed E-state index contributed by atoms with van der Waals surface area (Å²) in [5.41, 5.74) is 0. The predicted octanol–water partition coefficient (Wildman–Crippen LogP) is -0.953. The summed E-state index contributed by atoms with van der Waals surface area (Å²) < 4.78 is 1.49. The average molecular weight is 141 g/mol. The molecule has 0 aliphatic carbocycles. The Kier molecular flexibility index (Phi) is 1.77. The SMILES string of the molecule is Cn1cnnc1C(O)C=O. The van der Waals surface area contributed by atoms with Crippen molar-refractivity contribution in [2.75, 3.05) is 0 Å². The Morgan fingerprint density at radius 2 is 2.60 bits per heavy atom. The molecule has 0 saturated carbocycles. The monoisotopic (exact) mass is 141 g/mol.